The van der Waals surface area contributed by atoms with E-state index in [4.69, 9.17) is 35.4 Å². The summed E-state index contributed by atoms with van der Waals surface area (Å²) in [6.07, 6.45) is -2.61. The molecule has 0 radical (unpaired) electrons. The van der Waals surface area contributed by atoms with E-state index in [2.05, 4.69) is 5.10 Å². The Morgan fingerprint density at radius 1 is 1.24 bits per heavy atom. The third-order valence-electron chi connectivity index (χ3n) is 2.13. The highest BCUT2D eigenvalue weighted by Gasteiger charge is 2.13. The van der Waals surface area contributed by atoms with Crippen molar-refractivity contribution >= 4 is 35.4 Å². The van der Waals surface area contributed by atoms with Gasteiger partial charge in [0.05, 0.1) is 10.7 Å². The lowest BCUT2D eigenvalue weighted by atomic mass is 10.3. The van der Waals surface area contributed by atoms with E-state index in [-0.39, 0.29) is 10.3 Å². The number of nitrogens with zero attached hydrogens (tertiary/aromatic N) is 1. The predicted octanol–water partition coefficient (Wildman–Crippen LogP) is 4.78. The van der Waals surface area contributed by atoms with Gasteiger partial charge in [-0.3, -0.25) is 5.10 Å². The molecular weight excluding hydrogens is 289 g/mol. The average Bonchev–Trinajstić information content (AvgIpc) is 2.61. The second kappa shape index (κ2) is 4.76. The normalized spacial score (nSPS) is 11.1. The summed E-state index contributed by atoms with van der Waals surface area (Å²) in [5.74, 6) is 0. The first-order chi connectivity index (χ1) is 7.99. The molecule has 0 aliphatic heterocycles. The number of aromatic nitrogens is 2. The molecule has 1 aromatic heterocycles. The Balaban J connectivity index is 2.57. The number of hydrogen-bond acceptors (Lipinski definition) is 1. The van der Waals surface area contributed by atoms with E-state index in [1.54, 1.807) is 12.1 Å². The number of hydrogen-bond donors (Lipinski definition) is 1. The molecule has 2 nitrogen and oxygen atoms in total. The molecule has 17 heavy (non-hydrogen) atoms. The summed E-state index contributed by atoms with van der Waals surface area (Å²) in [5, 5.41) is 3.29. The zero-order chi connectivity index (χ0) is 12.6. The van der Waals surface area contributed by atoms with E-state index in [9.17, 15) is 8.78 Å². The van der Waals surface area contributed by atoms with Gasteiger partial charge in [-0.25, -0.2) is 13.5 Å². The largest absolute Gasteiger partial charge is 0.291 e. The first kappa shape index (κ1) is 12.5. The monoisotopic (exact) mass is 294 g/mol. The van der Waals surface area contributed by atoms with Crippen LogP contribution in [0.4, 0.5) is 8.78 Å². The minimum atomic E-state index is -2.61. The van der Waals surface area contributed by atoms with E-state index in [1.165, 1.54) is 16.8 Å². The van der Waals surface area contributed by atoms with Crippen molar-refractivity contribution in [3.8, 4) is 5.69 Å². The van der Waals surface area contributed by atoms with Crippen LogP contribution in [0.2, 0.25) is 10.0 Å². The third-order valence-corrected chi connectivity index (χ3v) is 2.96. The summed E-state index contributed by atoms with van der Waals surface area (Å²) in [6, 6.07) is 5.92. The number of rotatable bonds is 2. The maximum atomic E-state index is 12.5. The van der Waals surface area contributed by atoms with Crippen molar-refractivity contribution in [3.63, 3.8) is 0 Å². The molecule has 2 rings (SSSR count). The predicted molar refractivity (Wildman–Crippen MR) is 65.9 cm³/mol. The minimum Gasteiger partial charge on any atom is -0.291 e. The molecule has 0 aliphatic carbocycles. The molecular formula is C10H6Cl2F2N2S. The van der Waals surface area contributed by atoms with Crippen LogP contribution in [0.15, 0.2) is 24.3 Å². The summed E-state index contributed by atoms with van der Waals surface area (Å²) >= 11 is 16.7. The molecule has 0 spiro atoms. The SMILES string of the molecule is FC(F)c1cc(=S)n(-c2ccc(Cl)cc2Cl)[nH]1. The number of aromatic amines is 1. The third kappa shape index (κ3) is 2.51. The van der Waals surface area contributed by atoms with Crippen LogP contribution in [0, 0.1) is 4.64 Å². The van der Waals surface area contributed by atoms with Gasteiger partial charge in [-0.15, -0.1) is 0 Å². The van der Waals surface area contributed by atoms with E-state index in [0.29, 0.717) is 15.7 Å². The fourth-order valence-electron chi connectivity index (χ4n) is 1.37. The van der Waals surface area contributed by atoms with Gasteiger partial charge in [-0.05, 0) is 18.2 Å². The standard InChI is InChI=1S/C10H6Cl2F2N2S/c11-5-1-2-8(6(12)3-5)16-9(17)4-7(15-16)10(13)14/h1-4,10,15H. The van der Waals surface area contributed by atoms with Crippen molar-refractivity contribution in [3.05, 3.63) is 44.6 Å². The zero-order valence-corrected chi connectivity index (χ0v) is 10.6. The van der Waals surface area contributed by atoms with Crippen LogP contribution >= 0.6 is 35.4 Å². The van der Waals surface area contributed by atoms with Gasteiger partial charge < -0.3 is 0 Å². The van der Waals surface area contributed by atoms with E-state index >= 15 is 0 Å². The van der Waals surface area contributed by atoms with Gasteiger partial charge in [0.25, 0.3) is 6.43 Å². The van der Waals surface area contributed by atoms with Crippen LogP contribution in [0.25, 0.3) is 5.69 Å². The molecule has 90 valence electrons. The molecule has 0 unspecified atom stereocenters. The minimum absolute atomic E-state index is 0.226. The van der Waals surface area contributed by atoms with Gasteiger partial charge in [0, 0.05) is 11.1 Å². The summed E-state index contributed by atoms with van der Waals surface area (Å²) in [5.41, 5.74) is 0.231. The highest BCUT2D eigenvalue weighted by atomic mass is 35.5. The van der Waals surface area contributed by atoms with Gasteiger partial charge in [0.2, 0.25) is 0 Å². The highest BCUT2D eigenvalue weighted by Crippen LogP contribution is 2.26. The molecule has 2 aromatic rings. The molecule has 1 heterocycles. The second-order valence-corrected chi connectivity index (χ2v) is 4.54. The number of benzene rings is 1. The van der Waals surface area contributed by atoms with Crippen LogP contribution in [0.1, 0.15) is 12.1 Å². The average molecular weight is 295 g/mol. The van der Waals surface area contributed by atoms with Crippen molar-refractivity contribution in [2.75, 3.05) is 0 Å². The Bertz CT molecular complexity index is 607. The zero-order valence-electron chi connectivity index (χ0n) is 8.25. The van der Waals surface area contributed by atoms with E-state index in [0.717, 1.165) is 0 Å². The fourth-order valence-corrected chi connectivity index (χ4v) is 2.13. The van der Waals surface area contributed by atoms with Crippen molar-refractivity contribution in [1.82, 2.24) is 9.78 Å². The molecule has 0 fully saturated rings. The van der Waals surface area contributed by atoms with Gasteiger partial charge in [-0.1, -0.05) is 35.4 Å². The van der Waals surface area contributed by atoms with Crippen LogP contribution in [0.5, 0.6) is 0 Å². The maximum absolute atomic E-state index is 12.5. The molecule has 1 N–H and O–H groups in total. The Labute approximate surface area is 111 Å². The Morgan fingerprint density at radius 3 is 2.47 bits per heavy atom. The van der Waals surface area contributed by atoms with Gasteiger partial charge >= 0.3 is 0 Å². The summed E-state index contributed by atoms with van der Waals surface area (Å²) in [7, 11) is 0. The first-order valence-electron chi connectivity index (χ1n) is 4.54. The molecule has 0 bridgehead atoms. The maximum Gasteiger partial charge on any atom is 0.279 e. The number of halogens is 4. The topological polar surface area (TPSA) is 20.7 Å². The molecule has 1 aromatic carbocycles. The van der Waals surface area contributed by atoms with Crippen molar-refractivity contribution in [1.29, 1.82) is 0 Å². The molecule has 0 saturated heterocycles. The smallest absolute Gasteiger partial charge is 0.279 e. The molecule has 0 atom stereocenters. The van der Waals surface area contributed by atoms with Gasteiger partial charge in [0.1, 0.15) is 10.3 Å². The number of nitrogens with one attached hydrogen (secondary N) is 1. The second-order valence-electron chi connectivity index (χ2n) is 3.28. The van der Waals surface area contributed by atoms with Crippen molar-refractivity contribution in [2.45, 2.75) is 6.43 Å². The Kier molecular flexibility index (Phi) is 3.51. The van der Waals surface area contributed by atoms with Crippen LogP contribution < -0.4 is 0 Å². The molecule has 0 saturated carbocycles. The highest BCUT2D eigenvalue weighted by molar-refractivity contribution is 7.71. The van der Waals surface area contributed by atoms with E-state index in [1.807, 2.05) is 0 Å². The fraction of sp³-hybridized carbons (Fsp3) is 0.100. The van der Waals surface area contributed by atoms with Crippen LogP contribution in [-0.2, 0) is 0 Å². The van der Waals surface area contributed by atoms with Crippen LogP contribution in [-0.4, -0.2) is 9.78 Å². The number of alkyl halides is 2. The van der Waals surface area contributed by atoms with Crippen molar-refractivity contribution in [2.24, 2.45) is 0 Å². The molecule has 0 amide bonds. The number of H-pyrrole nitrogens is 1. The molecule has 0 aliphatic rings. The van der Waals surface area contributed by atoms with Crippen LogP contribution in [0.3, 0.4) is 0 Å². The molecule has 7 heteroatoms. The summed E-state index contributed by atoms with van der Waals surface area (Å²) in [6.45, 7) is 0. The lowest BCUT2D eigenvalue weighted by Gasteiger charge is -2.06. The van der Waals surface area contributed by atoms with E-state index < -0.39 is 6.43 Å². The van der Waals surface area contributed by atoms with Crippen molar-refractivity contribution < 1.29 is 8.78 Å². The van der Waals surface area contributed by atoms with Gasteiger partial charge in [-0.2, -0.15) is 0 Å². The lowest BCUT2D eigenvalue weighted by molar-refractivity contribution is 0.145. The first-order valence-corrected chi connectivity index (χ1v) is 5.71. The summed E-state index contributed by atoms with van der Waals surface area (Å²) in [4.78, 5) is 0. The van der Waals surface area contributed by atoms with Gasteiger partial charge in [0.15, 0.2) is 0 Å². The summed E-state index contributed by atoms with van der Waals surface area (Å²) < 4.78 is 26.5. The lowest BCUT2D eigenvalue weighted by Crippen LogP contribution is -1.98. The Morgan fingerprint density at radius 2 is 1.94 bits per heavy atom. The quantitative estimate of drug-likeness (QED) is 0.791. The Hall–Kier alpha value is -0.910.